The molecule has 2 heterocycles. The molecule has 1 amide bonds. The maximum absolute atomic E-state index is 11.7. The fourth-order valence-corrected chi connectivity index (χ4v) is 2.33. The van der Waals surface area contributed by atoms with E-state index in [-0.39, 0.29) is 11.9 Å². The van der Waals surface area contributed by atoms with Gasteiger partial charge in [-0.1, -0.05) is 6.07 Å². The normalized spacial score (nSPS) is 18.9. The number of fused-ring (bicyclic) bond motifs is 1. The van der Waals surface area contributed by atoms with Crippen LogP contribution in [0.25, 0.3) is 0 Å². The Hall–Kier alpha value is -2.27. The fourth-order valence-electron chi connectivity index (χ4n) is 2.33. The number of furan rings is 1. The van der Waals surface area contributed by atoms with Crippen molar-refractivity contribution in [3.05, 3.63) is 47.9 Å². The van der Waals surface area contributed by atoms with Gasteiger partial charge in [-0.05, 0) is 43.8 Å². The van der Waals surface area contributed by atoms with Gasteiger partial charge in [-0.2, -0.15) is 0 Å². The Morgan fingerprint density at radius 3 is 2.90 bits per heavy atom. The van der Waals surface area contributed by atoms with Crippen LogP contribution in [0.1, 0.15) is 24.3 Å². The van der Waals surface area contributed by atoms with E-state index in [4.69, 9.17) is 9.15 Å². The second-order valence-electron chi connectivity index (χ2n) is 4.74. The number of nitrogens with one attached hydrogen (secondary N) is 2. The minimum Gasteiger partial charge on any atom is -0.479 e. The molecule has 1 aromatic carbocycles. The Bertz CT molecular complexity index is 622. The van der Waals surface area contributed by atoms with Crippen LogP contribution in [0.2, 0.25) is 0 Å². The van der Waals surface area contributed by atoms with Gasteiger partial charge in [0.2, 0.25) is 0 Å². The van der Waals surface area contributed by atoms with Gasteiger partial charge in [-0.3, -0.25) is 4.79 Å². The van der Waals surface area contributed by atoms with Crippen LogP contribution in [0.3, 0.4) is 0 Å². The van der Waals surface area contributed by atoms with E-state index in [1.807, 2.05) is 37.4 Å². The molecule has 5 heteroatoms. The molecule has 0 saturated heterocycles. The van der Waals surface area contributed by atoms with Crippen molar-refractivity contribution in [2.75, 3.05) is 12.4 Å². The van der Waals surface area contributed by atoms with Crippen molar-refractivity contribution in [2.45, 2.75) is 19.1 Å². The molecule has 2 N–H and O–H groups in total. The molecule has 0 spiro atoms. The summed E-state index contributed by atoms with van der Waals surface area (Å²) in [6.45, 7) is 1.73. The zero-order chi connectivity index (χ0) is 14.1. The second kappa shape index (κ2) is 5.02. The van der Waals surface area contributed by atoms with Gasteiger partial charge < -0.3 is 19.8 Å². The maximum atomic E-state index is 11.7. The van der Waals surface area contributed by atoms with Crippen molar-refractivity contribution in [1.82, 2.24) is 5.32 Å². The van der Waals surface area contributed by atoms with Crippen molar-refractivity contribution in [1.29, 1.82) is 0 Å². The highest BCUT2D eigenvalue weighted by Crippen LogP contribution is 2.33. The summed E-state index contributed by atoms with van der Waals surface area (Å²) >= 11 is 0. The highest BCUT2D eigenvalue weighted by Gasteiger charge is 2.25. The first-order valence-electron chi connectivity index (χ1n) is 6.51. The first-order chi connectivity index (χ1) is 9.69. The van der Waals surface area contributed by atoms with Gasteiger partial charge in [0, 0.05) is 0 Å². The molecule has 1 aliphatic rings. The highest BCUT2D eigenvalue weighted by molar-refractivity contribution is 5.97. The summed E-state index contributed by atoms with van der Waals surface area (Å²) in [5, 5.41) is 6.05. The molecule has 2 aromatic rings. The number of carbonyl (C=O) groups is 1. The summed E-state index contributed by atoms with van der Waals surface area (Å²) in [7, 11) is 1.86. The van der Waals surface area contributed by atoms with Crippen LogP contribution in [0.15, 0.2) is 41.0 Å². The Morgan fingerprint density at radius 1 is 1.35 bits per heavy atom. The van der Waals surface area contributed by atoms with E-state index >= 15 is 0 Å². The number of carbonyl (C=O) groups excluding carboxylic acids is 1. The first-order valence-corrected chi connectivity index (χ1v) is 6.51. The average molecular weight is 272 g/mol. The minimum atomic E-state index is -0.460. The molecule has 5 nitrogen and oxygen atoms in total. The maximum Gasteiger partial charge on any atom is 0.265 e. The lowest BCUT2D eigenvalue weighted by Gasteiger charge is -2.24. The van der Waals surface area contributed by atoms with E-state index in [1.165, 1.54) is 0 Å². The molecule has 0 saturated carbocycles. The summed E-state index contributed by atoms with van der Waals surface area (Å²) in [5.74, 6) is 1.38. The molecule has 104 valence electrons. The van der Waals surface area contributed by atoms with E-state index in [2.05, 4.69) is 10.6 Å². The highest BCUT2D eigenvalue weighted by atomic mass is 16.5. The fraction of sp³-hybridized carbons (Fsp3) is 0.267. The number of rotatable bonds is 3. The van der Waals surface area contributed by atoms with Crippen molar-refractivity contribution in [3.8, 4) is 5.75 Å². The van der Waals surface area contributed by atoms with Gasteiger partial charge in [-0.15, -0.1) is 0 Å². The zero-order valence-corrected chi connectivity index (χ0v) is 11.3. The van der Waals surface area contributed by atoms with Gasteiger partial charge in [0.1, 0.15) is 11.5 Å². The molecule has 0 fully saturated rings. The lowest BCUT2D eigenvalue weighted by molar-refractivity contribution is -0.122. The molecule has 1 aromatic heterocycles. The number of amides is 1. The smallest absolute Gasteiger partial charge is 0.265 e. The number of hydrogen-bond acceptors (Lipinski definition) is 4. The number of benzene rings is 1. The lowest BCUT2D eigenvalue weighted by atomic mass is 10.0. The van der Waals surface area contributed by atoms with Gasteiger partial charge in [0.05, 0.1) is 18.0 Å². The summed E-state index contributed by atoms with van der Waals surface area (Å²) in [6.07, 6.45) is 1.18. The molecular weight excluding hydrogens is 256 g/mol. The van der Waals surface area contributed by atoms with Crippen LogP contribution in [-0.2, 0) is 4.79 Å². The quantitative estimate of drug-likeness (QED) is 0.900. The van der Waals surface area contributed by atoms with Crippen molar-refractivity contribution >= 4 is 11.6 Å². The third-order valence-corrected chi connectivity index (χ3v) is 3.38. The van der Waals surface area contributed by atoms with Crippen LogP contribution < -0.4 is 15.4 Å². The molecule has 20 heavy (non-hydrogen) atoms. The molecular formula is C15H16N2O3. The van der Waals surface area contributed by atoms with Crippen LogP contribution >= 0.6 is 0 Å². The Morgan fingerprint density at radius 2 is 2.20 bits per heavy atom. The molecule has 0 bridgehead atoms. The van der Waals surface area contributed by atoms with Gasteiger partial charge in [0.15, 0.2) is 6.10 Å². The van der Waals surface area contributed by atoms with Gasteiger partial charge in [0.25, 0.3) is 5.91 Å². The van der Waals surface area contributed by atoms with Crippen LogP contribution in [0.4, 0.5) is 5.69 Å². The van der Waals surface area contributed by atoms with E-state index in [1.54, 1.807) is 13.2 Å². The van der Waals surface area contributed by atoms with Crippen molar-refractivity contribution in [2.24, 2.45) is 0 Å². The predicted octanol–water partition coefficient (Wildman–Crippen LogP) is 2.31. The average Bonchev–Trinajstić information content (AvgIpc) is 2.95. The number of hydrogen-bond donors (Lipinski definition) is 2. The van der Waals surface area contributed by atoms with Crippen LogP contribution in [0.5, 0.6) is 5.75 Å². The molecule has 0 radical (unpaired) electrons. The summed E-state index contributed by atoms with van der Waals surface area (Å²) in [5.41, 5.74) is 1.69. The van der Waals surface area contributed by atoms with E-state index < -0.39 is 6.10 Å². The third-order valence-electron chi connectivity index (χ3n) is 3.38. The van der Waals surface area contributed by atoms with E-state index in [0.717, 1.165) is 11.3 Å². The van der Waals surface area contributed by atoms with Gasteiger partial charge >= 0.3 is 0 Å². The molecule has 0 aliphatic carbocycles. The second-order valence-corrected chi connectivity index (χ2v) is 4.74. The number of ether oxygens (including phenoxy) is 1. The Labute approximate surface area is 116 Å². The van der Waals surface area contributed by atoms with Crippen LogP contribution in [0, 0.1) is 0 Å². The summed E-state index contributed by atoms with van der Waals surface area (Å²) < 4.78 is 11.0. The number of anilines is 1. The standard InChI is InChI=1S/C15H16N2O3/c1-9-15(18)17-11-8-10(5-6-12(11)20-9)14(16-2)13-4-3-7-19-13/h3-9,14,16H,1-2H3,(H,17,18). The predicted molar refractivity (Wildman–Crippen MR) is 74.8 cm³/mol. The molecule has 1 aliphatic heterocycles. The summed E-state index contributed by atoms with van der Waals surface area (Å²) in [6, 6.07) is 9.44. The SMILES string of the molecule is CNC(c1ccc2c(c1)NC(=O)C(C)O2)c1ccco1. The topological polar surface area (TPSA) is 63.5 Å². The largest absolute Gasteiger partial charge is 0.479 e. The van der Waals surface area contributed by atoms with E-state index in [0.29, 0.717) is 11.4 Å². The Kier molecular flexibility index (Phi) is 3.20. The Balaban J connectivity index is 1.96. The molecule has 2 unspecified atom stereocenters. The third kappa shape index (κ3) is 2.16. The van der Waals surface area contributed by atoms with Crippen molar-refractivity contribution < 1.29 is 13.9 Å². The molecule has 3 rings (SSSR count). The zero-order valence-electron chi connectivity index (χ0n) is 11.3. The summed E-state index contributed by atoms with van der Waals surface area (Å²) in [4.78, 5) is 11.7. The molecule has 2 atom stereocenters. The van der Waals surface area contributed by atoms with Crippen molar-refractivity contribution in [3.63, 3.8) is 0 Å². The minimum absolute atomic E-state index is 0.0634. The van der Waals surface area contributed by atoms with Crippen LogP contribution in [-0.4, -0.2) is 19.1 Å². The van der Waals surface area contributed by atoms with E-state index in [9.17, 15) is 4.79 Å². The van der Waals surface area contributed by atoms with Gasteiger partial charge in [-0.25, -0.2) is 0 Å². The first kappa shape index (κ1) is 12.7. The monoisotopic (exact) mass is 272 g/mol. The lowest BCUT2D eigenvalue weighted by Crippen LogP contribution is -2.34.